The summed E-state index contributed by atoms with van der Waals surface area (Å²) in [6.45, 7) is 3.07. The Morgan fingerprint density at radius 1 is 1.40 bits per heavy atom. The molecule has 0 atom stereocenters. The molecule has 0 spiro atoms. The van der Waals surface area contributed by atoms with E-state index < -0.39 is 10.0 Å². The number of ketones is 1. The van der Waals surface area contributed by atoms with E-state index in [1.54, 1.807) is 13.0 Å². The van der Waals surface area contributed by atoms with Gasteiger partial charge in [-0.15, -0.1) is 0 Å². The largest absolute Gasteiger partial charge is 0.445 e. The summed E-state index contributed by atoms with van der Waals surface area (Å²) in [5, 5.41) is 0. The lowest BCUT2D eigenvalue weighted by molar-refractivity contribution is 0.101. The van der Waals surface area contributed by atoms with Crippen LogP contribution in [0, 0.1) is 6.92 Å². The molecule has 6 nitrogen and oxygen atoms in total. The van der Waals surface area contributed by atoms with Gasteiger partial charge in [-0.3, -0.25) is 4.79 Å². The molecule has 0 saturated carbocycles. The standard InChI is InChI=1S/C13H14N2O4S/c1-9-7-14-13(19-9)8-15-20(17,18)12-5-3-4-11(6-12)10(2)16/h3-7,15H,8H2,1-2H3. The fraction of sp³-hybridized carbons (Fsp3) is 0.231. The molecule has 0 radical (unpaired) electrons. The molecule has 2 rings (SSSR count). The third kappa shape index (κ3) is 3.31. The number of carbonyl (C=O) groups is 1. The van der Waals surface area contributed by atoms with Crippen molar-refractivity contribution in [1.29, 1.82) is 0 Å². The van der Waals surface area contributed by atoms with E-state index in [0.29, 0.717) is 11.3 Å². The highest BCUT2D eigenvalue weighted by atomic mass is 32.2. The SMILES string of the molecule is CC(=O)c1cccc(S(=O)(=O)NCc2ncc(C)o2)c1. The molecule has 1 aromatic heterocycles. The Kier molecular flexibility index (Phi) is 4.01. The molecule has 7 heteroatoms. The number of hydrogen-bond acceptors (Lipinski definition) is 5. The van der Waals surface area contributed by atoms with E-state index in [0.717, 1.165) is 0 Å². The molecule has 1 heterocycles. The van der Waals surface area contributed by atoms with E-state index in [1.807, 2.05) is 0 Å². The van der Waals surface area contributed by atoms with Gasteiger partial charge in [0.25, 0.3) is 0 Å². The van der Waals surface area contributed by atoms with E-state index in [4.69, 9.17) is 4.42 Å². The molecule has 0 bridgehead atoms. The quantitative estimate of drug-likeness (QED) is 0.847. The monoisotopic (exact) mass is 294 g/mol. The van der Waals surface area contributed by atoms with Crippen LogP contribution < -0.4 is 4.72 Å². The van der Waals surface area contributed by atoms with Crippen LogP contribution >= 0.6 is 0 Å². The first kappa shape index (κ1) is 14.4. The molecule has 0 saturated heterocycles. The number of aryl methyl sites for hydroxylation is 1. The second-order valence-corrected chi connectivity index (χ2v) is 6.04. The van der Waals surface area contributed by atoms with E-state index in [1.165, 1.54) is 31.3 Å². The van der Waals surface area contributed by atoms with Gasteiger partial charge in [0.2, 0.25) is 15.9 Å². The second-order valence-electron chi connectivity index (χ2n) is 4.27. The van der Waals surface area contributed by atoms with Gasteiger partial charge in [0.15, 0.2) is 5.78 Å². The van der Waals surface area contributed by atoms with Gasteiger partial charge >= 0.3 is 0 Å². The zero-order valence-corrected chi connectivity index (χ0v) is 11.9. The normalized spacial score (nSPS) is 11.5. The van der Waals surface area contributed by atoms with Crippen LogP contribution in [0.2, 0.25) is 0 Å². The first-order valence-electron chi connectivity index (χ1n) is 5.90. The number of rotatable bonds is 5. The minimum atomic E-state index is -3.71. The van der Waals surface area contributed by atoms with Gasteiger partial charge in [0.05, 0.1) is 17.6 Å². The molecule has 20 heavy (non-hydrogen) atoms. The van der Waals surface area contributed by atoms with Crippen molar-refractivity contribution in [2.45, 2.75) is 25.3 Å². The van der Waals surface area contributed by atoms with Crippen LogP contribution in [-0.4, -0.2) is 19.2 Å². The van der Waals surface area contributed by atoms with Crippen molar-refractivity contribution < 1.29 is 17.6 Å². The smallest absolute Gasteiger partial charge is 0.241 e. The lowest BCUT2D eigenvalue weighted by Gasteiger charge is -2.06. The van der Waals surface area contributed by atoms with Crippen molar-refractivity contribution in [3.05, 3.63) is 47.7 Å². The molecule has 1 aromatic carbocycles. The summed E-state index contributed by atoms with van der Waals surface area (Å²) in [6, 6.07) is 5.86. The average molecular weight is 294 g/mol. The van der Waals surface area contributed by atoms with Gasteiger partial charge in [-0.25, -0.2) is 18.1 Å². The molecule has 1 N–H and O–H groups in total. The third-order valence-electron chi connectivity index (χ3n) is 2.63. The Morgan fingerprint density at radius 2 is 2.15 bits per heavy atom. The lowest BCUT2D eigenvalue weighted by atomic mass is 10.2. The number of benzene rings is 1. The summed E-state index contributed by atoms with van der Waals surface area (Å²) < 4.78 is 31.8. The van der Waals surface area contributed by atoms with Gasteiger partial charge in [-0.05, 0) is 26.0 Å². The number of Topliss-reactive ketones (excluding diaryl/α,β-unsaturated/α-hetero) is 1. The highest BCUT2D eigenvalue weighted by Crippen LogP contribution is 2.12. The first-order chi connectivity index (χ1) is 9.38. The summed E-state index contributed by atoms with van der Waals surface area (Å²) in [5.74, 6) is 0.706. The molecular formula is C13H14N2O4S. The average Bonchev–Trinajstić information content (AvgIpc) is 2.82. The van der Waals surface area contributed by atoms with Crippen LogP contribution in [0.3, 0.4) is 0 Å². The van der Waals surface area contributed by atoms with Crippen LogP contribution in [0.25, 0.3) is 0 Å². The molecule has 0 aliphatic heterocycles. The van der Waals surface area contributed by atoms with Crippen LogP contribution in [-0.2, 0) is 16.6 Å². The fourth-order valence-electron chi connectivity index (χ4n) is 1.61. The summed E-state index contributed by atoms with van der Waals surface area (Å²) in [7, 11) is -3.71. The van der Waals surface area contributed by atoms with Gasteiger partial charge in [-0.2, -0.15) is 0 Å². The van der Waals surface area contributed by atoms with Crippen molar-refractivity contribution in [1.82, 2.24) is 9.71 Å². The van der Waals surface area contributed by atoms with Gasteiger partial charge in [0.1, 0.15) is 5.76 Å². The maximum atomic E-state index is 12.1. The van der Waals surface area contributed by atoms with E-state index in [9.17, 15) is 13.2 Å². The predicted octanol–water partition coefficient (Wildman–Crippen LogP) is 1.66. The fourth-order valence-corrected chi connectivity index (χ4v) is 2.63. The summed E-state index contributed by atoms with van der Waals surface area (Å²) >= 11 is 0. The number of carbonyl (C=O) groups excluding carboxylic acids is 1. The van der Waals surface area contributed by atoms with Crippen molar-refractivity contribution in [3.8, 4) is 0 Å². The van der Waals surface area contributed by atoms with Crippen molar-refractivity contribution in [2.75, 3.05) is 0 Å². The van der Waals surface area contributed by atoms with E-state index >= 15 is 0 Å². The van der Waals surface area contributed by atoms with Crippen LogP contribution in [0.15, 0.2) is 39.8 Å². The van der Waals surface area contributed by atoms with E-state index in [-0.39, 0.29) is 23.1 Å². The topological polar surface area (TPSA) is 89.3 Å². The first-order valence-corrected chi connectivity index (χ1v) is 7.39. The minimum Gasteiger partial charge on any atom is -0.445 e. The molecule has 0 aliphatic carbocycles. The number of sulfonamides is 1. The Morgan fingerprint density at radius 3 is 2.75 bits per heavy atom. The molecular weight excluding hydrogens is 280 g/mol. The van der Waals surface area contributed by atoms with Crippen molar-refractivity contribution >= 4 is 15.8 Å². The minimum absolute atomic E-state index is 0.0356. The molecule has 0 unspecified atom stereocenters. The summed E-state index contributed by atoms with van der Waals surface area (Å²) in [4.78, 5) is 15.2. The Bertz CT molecular complexity index is 734. The predicted molar refractivity (Wildman–Crippen MR) is 71.7 cm³/mol. The molecule has 0 fully saturated rings. The number of aromatic nitrogens is 1. The van der Waals surface area contributed by atoms with Crippen molar-refractivity contribution in [3.63, 3.8) is 0 Å². The van der Waals surface area contributed by atoms with Gasteiger partial charge < -0.3 is 4.42 Å². The summed E-state index contributed by atoms with van der Waals surface area (Å²) in [5.41, 5.74) is 0.347. The maximum Gasteiger partial charge on any atom is 0.241 e. The highest BCUT2D eigenvalue weighted by Gasteiger charge is 2.16. The summed E-state index contributed by atoms with van der Waals surface area (Å²) in [6.07, 6.45) is 1.51. The molecule has 0 amide bonds. The zero-order chi connectivity index (χ0) is 14.8. The number of hydrogen-bond donors (Lipinski definition) is 1. The third-order valence-corrected chi connectivity index (χ3v) is 4.03. The maximum absolute atomic E-state index is 12.1. The Labute approximate surface area is 116 Å². The number of oxazole rings is 1. The molecule has 106 valence electrons. The molecule has 2 aromatic rings. The Balaban J connectivity index is 2.17. The van der Waals surface area contributed by atoms with Gasteiger partial charge in [0, 0.05) is 5.56 Å². The van der Waals surface area contributed by atoms with Crippen molar-refractivity contribution in [2.24, 2.45) is 0 Å². The zero-order valence-electron chi connectivity index (χ0n) is 11.1. The molecule has 0 aliphatic rings. The van der Waals surface area contributed by atoms with Crippen LogP contribution in [0.4, 0.5) is 0 Å². The van der Waals surface area contributed by atoms with Crippen LogP contribution in [0.5, 0.6) is 0 Å². The van der Waals surface area contributed by atoms with Gasteiger partial charge in [-0.1, -0.05) is 12.1 Å². The Hall–Kier alpha value is -1.99. The van der Waals surface area contributed by atoms with Crippen LogP contribution in [0.1, 0.15) is 28.9 Å². The number of nitrogens with zero attached hydrogens (tertiary/aromatic N) is 1. The number of nitrogens with one attached hydrogen (secondary N) is 1. The lowest BCUT2D eigenvalue weighted by Crippen LogP contribution is -2.23. The highest BCUT2D eigenvalue weighted by molar-refractivity contribution is 7.89. The second kappa shape index (κ2) is 5.56. The van der Waals surface area contributed by atoms with E-state index in [2.05, 4.69) is 9.71 Å².